The van der Waals surface area contributed by atoms with Crippen LogP contribution in [0.15, 0.2) is 16.7 Å². The summed E-state index contributed by atoms with van der Waals surface area (Å²) in [5, 5.41) is 0. The fourth-order valence-electron chi connectivity index (χ4n) is 1.69. The number of rotatable bonds is 6. The van der Waals surface area contributed by atoms with Gasteiger partial charge in [0.2, 0.25) is 5.91 Å². The van der Waals surface area contributed by atoms with E-state index in [2.05, 4.69) is 0 Å². The van der Waals surface area contributed by atoms with Crippen LogP contribution < -0.4 is 5.73 Å². The van der Waals surface area contributed by atoms with E-state index in [-0.39, 0.29) is 11.9 Å². The topological polar surface area (TPSA) is 59.5 Å². The van der Waals surface area contributed by atoms with Crippen molar-refractivity contribution >= 4 is 5.91 Å². The Kier molecular flexibility index (Phi) is 5.22. The Morgan fingerprint density at radius 1 is 1.59 bits per heavy atom. The predicted octanol–water partition coefficient (Wildman–Crippen LogP) is 2.06. The van der Waals surface area contributed by atoms with Crippen molar-refractivity contribution in [3.05, 3.63) is 23.7 Å². The van der Waals surface area contributed by atoms with Gasteiger partial charge in [0, 0.05) is 31.6 Å². The Morgan fingerprint density at radius 3 is 2.82 bits per heavy atom. The van der Waals surface area contributed by atoms with E-state index in [0.717, 1.165) is 24.2 Å². The van der Waals surface area contributed by atoms with Crippen molar-refractivity contribution in [3.8, 4) is 0 Å². The zero-order chi connectivity index (χ0) is 12.8. The van der Waals surface area contributed by atoms with Crippen LogP contribution in [0.25, 0.3) is 0 Å². The molecule has 4 heteroatoms. The summed E-state index contributed by atoms with van der Waals surface area (Å²) in [7, 11) is 1.82. The van der Waals surface area contributed by atoms with E-state index < -0.39 is 0 Å². The first-order valence-corrected chi connectivity index (χ1v) is 6.03. The minimum Gasteiger partial charge on any atom is -0.469 e. The fraction of sp³-hybridized carbons (Fsp3) is 0.615. The molecule has 1 unspecified atom stereocenters. The number of carbonyl (C=O) groups is 1. The van der Waals surface area contributed by atoms with Crippen molar-refractivity contribution in [3.63, 3.8) is 0 Å². The predicted molar refractivity (Wildman–Crippen MR) is 67.4 cm³/mol. The van der Waals surface area contributed by atoms with E-state index in [1.807, 2.05) is 27.0 Å². The van der Waals surface area contributed by atoms with E-state index in [4.69, 9.17) is 10.2 Å². The minimum absolute atomic E-state index is 0.159. The van der Waals surface area contributed by atoms with Crippen LogP contribution in [0.4, 0.5) is 0 Å². The fourth-order valence-corrected chi connectivity index (χ4v) is 1.69. The highest BCUT2D eigenvalue weighted by atomic mass is 16.3. The normalized spacial score (nSPS) is 12.5. The van der Waals surface area contributed by atoms with Crippen LogP contribution in [0.5, 0.6) is 0 Å². The molecule has 0 aliphatic heterocycles. The van der Waals surface area contributed by atoms with Crippen LogP contribution >= 0.6 is 0 Å². The monoisotopic (exact) mass is 238 g/mol. The number of aryl methyl sites for hydroxylation is 1. The molecule has 0 aliphatic rings. The molecule has 4 nitrogen and oxygen atoms in total. The van der Waals surface area contributed by atoms with Crippen molar-refractivity contribution < 1.29 is 9.21 Å². The van der Waals surface area contributed by atoms with Crippen LogP contribution in [0.3, 0.4) is 0 Å². The van der Waals surface area contributed by atoms with Crippen LogP contribution in [0, 0.1) is 6.92 Å². The summed E-state index contributed by atoms with van der Waals surface area (Å²) in [6.07, 6.45) is 3.96. The molecule has 1 aromatic rings. The van der Waals surface area contributed by atoms with Crippen LogP contribution in [0.1, 0.15) is 37.5 Å². The molecule has 0 saturated heterocycles. The Balaban J connectivity index is 2.35. The molecule has 2 N–H and O–H groups in total. The average Bonchev–Trinajstić information content (AvgIpc) is 2.63. The molecule has 0 aromatic carbocycles. The molecule has 1 atom stereocenters. The summed E-state index contributed by atoms with van der Waals surface area (Å²) >= 11 is 0. The van der Waals surface area contributed by atoms with Crippen molar-refractivity contribution in [2.24, 2.45) is 5.73 Å². The smallest absolute Gasteiger partial charge is 0.222 e. The number of hydrogen-bond donors (Lipinski definition) is 1. The quantitative estimate of drug-likeness (QED) is 0.825. The van der Waals surface area contributed by atoms with Crippen molar-refractivity contribution in [1.29, 1.82) is 0 Å². The Bertz CT molecular complexity index is 358. The van der Waals surface area contributed by atoms with Crippen LogP contribution in [-0.2, 0) is 11.3 Å². The number of hydrogen-bond acceptors (Lipinski definition) is 3. The molecule has 0 radical (unpaired) electrons. The van der Waals surface area contributed by atoms with Gasteiger partial charge in [0.25, 0.3) is 0 Å². The lowest BCUT2D eigenvalue weighted by molar-refractivity contribution is -0.130. The molecule has 0 bridgehead atoms. The number of carbonyl (C=O) groups excluding carboxylic acids is 1. The van der Waals surface area contributed by atoms with Crippen LogP contribution in [-0.4, -0.2) is 23.9 Å². The van der Waals surface area contributed by atoms with E-state index >= 15 is 0 Å². The molecule has 0 spiro atoms. The maximum Gasteiger partial charge on any atom is 0.222 e. The van der Waals surface area contributed by atoms with Gasteiger partial charge in [-0.15, -0.1) is 0 Å². The zero-order valence-electron chi connectivity index (χ0n) is 10.9. The largest absolute Gasteiger partial charge is 0.469 e. The first-order valence-electron chi connectivity index (χ1n) is 6.03. The maximum absolute atomic E-state index is 11.8. The summed E-state index contributed by atoms with van der Waals surface area (Å²) in [6.45, 7) is 4.48. The molecule has 0 saturated carbocycles. The van der Waals surface area contributed by atoms with Gasteiger partial charge in [-0.3, -0.25) is 4.79 Å². The molecule has 1 amide bonds. The van der Waals surface area contributed by atoms with Gasteiger partial charge in [-0.1, -0.05) is 0 Å². The SMILES string of the molecule is Cc1occc1CN(C)C(=O)CCCC(C)N. The van der Waals surface area contributed by atoms with Gasteiger partial charge in [-0.05, 0) is 32.8 Å². The van der Waals surface area contributed by atoms with Gasteiger partial charge in [-0.2, -0.15) is 0 Å². The molecular weight excluding hydrogens is 216 g/mol. The van der Waals surface area contributed by atoms with Gasteiger partial charge < -0.3 is 15.1 Å². The second kappa shape index (κ2) is 6.45. The first kappa shape index (κ1) is 13.8. The lowest BCUT2D eigenvalue weighted by Gasteiger charge is -2.17. The summed E-state index contributed by atoms with van der Waals surface area (Å²) in [6, 6.07) is 2.07. The third kappa shape index (κ3) is 4.61. The lowest BCUT2D eigenvalue weighted by Crippen LogP contribution is -2.26. The van der Waals surface area contributed by atoms with Crippen LogP contribution in [0.2, 0.25) is 0 Å². The third-order valence-electron chi connectivity index (χ3n) is 2.85. The Hall–Kier alpha value is -1.29. The summed E-state index contributed by atoms with van der Waals surface area (Å²) in [5.74, 6) is 1.03. The van der Waals surface area contributed by atoms with Crippen molar-refractivity contribution in [2.75, 3.05) is 7.05 Å². The highest BCUT2D eigenvalue weighted by Crippen LogP contribution is 2.12. The zero-order valence-corrected chi connectivity index (χ0v) is 10.9. The summed E-state index contributed by atoms with van der Waals surface area (Å²) in [4.78, 5) is 13.6. The summed E-state index contributed by atoms with van der Waals surface area (Å²) < 4.78 is 5.20. The molecule has 1 rings (SSSR count). The van der Waals surface area contributed by atoms with Gasteiger partial charge in [0.15, 0.2) is 0 Å². The summed E-state index contributed by atoms with van der Waals surface area (Å²) in [5.41, 5.74) is 6.71. The van der Waals surface area contributed by atoms with Gasteiger partial charge in [-0.25, -0.2) is 0 Å². The molecular formula is C13H22N2O2. The van der Waals surface area contributed by atoms with E-state index in [1.165, 1.54) is 0 Å². The Labute approximate surface area is 103 Å². The maximum atomic E-state index is 11.8. The van der Waals surface area contributed by atoms with E-state index in [1.54, 1.807) is 11.2 Å². The van der Waals surface area contributed by atoms with Crippen molar-refractivity contribution in [2.45, 2.75) is 45.7 Å². The Morgan fingerprint density at radius 2 is 2.29 bits per heavy atom. The average molecular weight is 238 g/mol. The molecule has 1 aromatic heterocycles. The minimum atomic E-state index is 0.159. The second-order valence-electron chi connectivity index (χ2n) is 4.62. The second-order valence-corrected chi connectivity index (χ2v) is 4.62. The highest BCUT2D eigenvalue weighted by molar-refractivity contribution is 5.75. The third-order valence-corrected chi connectivity index (χ3v) is 2.85. The lowest BCUT2D eigenvalue weighted by atomic mass is 10.1. The molecule has 96 valence electrons. The molecule has 1 heterocycles. The number of nitrogens with zero attached hydrogens (tertiary/aromatic N) is 1. The van der Waals surface area contributed by atoms with Gasteiger partial charge in [0.05, 0.1) is 6.26 Å². The molecule has 17 heavy (non-hydrogen) atoms. The number of furan rings is 1. The highest BCUT2D eigenvalue weighted by Gasteiger charge is 2.11. The van der Waals surface area contributed by atoms with Gasteiger partial charge >= 0.3 is 0 Å². The standard InChI is InChI=1S/C13H22N2O2/c1-10(14)5-4-6-13(16)15(3)9-12-7-8-17-11(12)2/h7-8,10H,4-6,9,14H2,1-3H3. The number of nitrogens with two attached hydrogens (primary N) is 1. The first-order chi connectivity index (χ1) is 8.00. The van der Waals surface area contributed by atoms with E-state index in [9.17, 15) is 4.79 Å². The van der Waals surface area contributed by atoms with E-state index in [0.29, 0.717) is 13.0 Å². The molecule has 0 aliphatic carbocycles. The van der Waals surface area contributed by atoms with Gasteiger partial charge in [0.1, 0.15) is 5.76 Å². The number of amides is 1. The molecule has 0 fully saturated rings. The van der Waals surface area contributed by atoms with Crippen molar-refractivity contribution in [1.82, 2.24) is 4.90 Å².